The third-order valence-corrected chi connectivity index (χ3v) is 5.74. The van der Waals surface area contributed by atoms with E-state index in [1.165, 1.54) is 17.7 Å². The zero-order valence-electron chi connectivity index (χ0n) is 15.4. The molecule has 2 heterocycles. The zero-order valence-corrected chi connectivity index (χ0v) is 15.4. The topological polar surface area (TPSA) is 40.6 Å². The molecule has 140 valence electrons. The van der Waals surface area contributed by atoms with Crippen LogP contribution in [0.1, 0.15) is 42.7 Å². The smallest absolute Gasteiger partial charge is 0.245 e. The molecule has 0 saturated carbocycles. The lowest BCUT2D eigenvalue weighted by molar-refractivity contribution is -0.140. The molecule has 0 radical (unpaired) electrons. The maximum absolute atomic E-state index is 13.3. The van der Waals surface area contributed by atoms with Crippen molar-refractivity contribution in [3.05, 3.63) is 47.8 Å². The molecule has 0 N–H and O–H groups in total. The summed E-state index contributed by atoms with van der Waals surface area (Å²) in [5.41, 5.74) is 2.18. The zero-order chi connectivity index (χ0) is 18.7. The molecule has 2 aliphatic rings. The summed E-state index contributed by atoms with van der Waals surface area (Å²) in [5, 5.41) is 0. The highest BCUT2D eigenvalue weighted by Crippen LogP contribution is 2.31. The molecule has 0 spiro atoms. The first-order valence-electron chi connectivity index (χ1n) is 9.45. The average Bonchev–Trinajstić information content (AvgIpc) is 2.67. The van der Waals surface area contributed by atoms with Gasteiger partial charge >= 0.3 is 0 Å². The second-order valence-corrected chi connectivity index (χ2v) is 7.43. The molecule has 3 rings (SSSR count). The molecule has 0 aliphatic carbocycles. The second-order valence-electron chi connectivity index (χ2n) is 7.43. The van der Waals surface area contributed by atoms with Gasteiger partial charge in [-0.2, -0.15) is 0 Å². The number of likely N-dealkylation sites (tertiary alicyclic amines) is 2. The van der Waals surface area contributed by atoms with Crippen molar-refractivity contribution in [1.29, 1.82) is 0 Å². The Labute approximate surface area is 154 Å². The normalized spacial score (nSPS) is 21.5. The molecule has 0 bridgehead atoms. The van der Waals surface area contributed by atoms with Crippen molar-refractivity contribution < 1.29 is 14.0 Å². The van der Waals surface area contributed by atoms with Crippen LogP contribution < -0.4 is 0 Å². The van der Waals surface area contributed by atoms with Crippen LogP contribution in [-0.2, 0) is 9.59 Å². The maximum atomic E-state index is 13.3. The number of amides is 2. The van der Waals surface area contributed by atoms with Gasteiger partial charge in [0.15, 0.2) is 0 Å². The number of hydrogen-bond acceptors (Lipinski definition) is 2. The number of benzene rings is 1. The predicted molar refractivity (Wildman–Crippen MR) is 99.2 cm³/mol. The minimum absolute atomic E-state index is 0.0898. The molecule has 2 fully saturated rings. The standard InChI is InChI=1S/C21H27FN2O2/c1-3-20(25)24-10-4-5-17(14-24)21(26)23-11-8-16(9-12-23)19-7-6-18(22)13-15(19)2/h3,6-7,13,16-17H,1,4-5,8-12,14H2,2H3. The van der Waals surface area contributed by atoms with Crippen LogP contribution in [0, 0.1) is 18.7 Å². The molecule has 0 aromatic heterocycles. The summed E-state index contributed by atoms with van der Waals surface area (Å²) in [7, 11) is 0. The van der Waals surface area contributed by atoms with Crippen LogP contribution in [0.15, 0.2) is 30.9 Å². The first-order valence-corrected chi connectivity index (χ1v) is 9.45. The largest absolute Gasteiger partial charge is 0.342 e. The van der Waals surface area contributed by atoms with Crippen LogP contribution in [0.5, 0.6) is 0 Å². The van der Waals surface area contributed by atoms with E-state index < -0.39 is 0 Å². The van der Waals surface area contributed by atoms with Crippen LogP contribution in [0.3, 0.4) is 0 Å². The molecule has 1 atom stereocenters. The van der Waals surface area contributed by atoms with Crippen molar-refractivity contribution in [3.63, 3.8) is 0 Å². The second kappa shape index (κ2) is 8.02. The molecular weight excluding hydrogens is 331 g/mol. The fourth-order valence-electron chi connectivity index (χ4n) is 4.27. The van der Waals surface area contributed by atoms with Crippen molar-refractivity contribution in [2.45, 2.75) is 38.5 Å². The summed E-state index contributed by atoms with van der Waals surface area (Å²) in [4.78, 5) is 28.4. The lowest BCUT2D eigenvalue weighted by Gasteiger charge is -2.38. The van der Waals surface area contributed by atoms with Gasteiger partial charge in [0.1, 0.15) is 5.82 Å². The Kier molecular flexibility index (Phi) is 5.74. The summed E-state index contributed by atoms with van der Waals surface area (Å²) >= 11 is 0. The van der Waals surface area contributed by atoms with E-state index in [1.807, 2.05) is 17.9 Å². The molecule has 1 aromatic rings. The monoisotopic (exact) mass is 358 g/mol. The van der Waals surface area contributed by atoms with Crippen LogP contribution in [0.25, 0.3) is 0 Å². The van der Waals surface area contributed by atoms with Crippen LogP contribution in [-0.4, -0.2) is 47.8 Å². The molecule has 4 nitrogen and oxygen atoms in total. The molecular formula is C21H27FN2O2. The van der Waals surface area contributed by atoms with Gasteiger partial charge in [0.25, 0.3) is 0 Å². The summed E-state index contributed by atoms with van der Waals surface area (Å²) in [6.45, 7) is 8.15. The SMILES string of the molecule is C=CC(=O)N1CCCC(C(=O)N2CCC(c3ccc(F)cc3C)CC2)C1. The van der Waals surface area contributed by atoms with E-state index in [2.05, 4.69) is 6.58 Å². The summed E-state index contributed by atoms with van der Waals surface area (Å²) in [5.74, 6) is 0.158. The quantitative estimate of drug-likeness (QED) is 0.778. The highest BCUT2D eigenvalue weighted by molar-refractivity contribution is 5.88. The first-order chi connectivity index (χ1) is 12.5. The number of carbonyl (C=O) groups is 2. The fourth-order valence-corrected chi connectivity index (χ4v) is 4.27. The van der Waals surface area contributed by atoms with E-state index in [-0.39, 0.29) is 23.5 Å². The van der Waals surface area contributed by atoms with E-state index in [9.17, 15) is 14.0 Å². The van der Waals surface area contributed by atoms with Crippen LogP contribution >= 0.6 is 0 Å². The van der Waals surface area contributed by atoms with Crippen molar-refractivity contribution in [1.82, 2.24) is 9.80 Å². The van der Waals surface area contributed by atoms with Gasteiger partial charge in [-0.25, -0.2) is 4.39 Å². The predicted octanol–water partition coefficient (Wildman–Crippen LogP) is 3.26. The van der Waals surface area contributed by atoms with E-state index in [0.717, 1.165) is 44.3 Å². The first kappa shape index (κ1) is 18.6. The van der Waals surface area contributed by atoms with Crippen molar-refractivity contribution in [2.75, 3.05) is 26.2 Å². The minimum Gasteiger partial charge on any atom is -0.342 e. The van der Waals surface area contributed by atoms with Gasteiger partial charge in [0.2, 0.25) is 11.8 Å². The molecule has 1 unspecified atom stereocenters. The Balaban J connectivity index is 1.58. The van der Waals surface area contributed by atoms with Crippen LogP contribution in [0.4, 0.5) is 4.39 Å². The number of nitrogens with zero attached hydrogens (tertiary/aromatic N) is 2. The highest BCUT2D eigenvalue weighted by atomic mass is 19.1. The average molecular weight is 358 g/mol. The lowest BCUT2D eigenvalue weighted by atomic mass is 9.86. The number of halogens is 1. The third-order valence-electron chi connectivity index (χ3n) is 5.74. The van der Waals surface area contributed by atoms with Gasteiger partial charge in [-0.15, -0.1) is 0 Å². The molecule has 5 heteroatoms. The fraction of sp³-hybridized carbons (Fsp3) is 0.524. The lowest BCUT2D eigenvalue weighted by Crippen LogP contribution is -2.48. The van der Waals surface area contributed by atoms with E-state index in [0.29, 0.717) is 19.0 Å². The molecule has 2 amide bonds. The summed E-state index contributed by atoms with van der Waals surface area (Å²) in [6, 6.07) is 4.99. The number of rotatable bonds is 3. The van der Waals surface area contributed by atoms with Crippen LogP contribution in [0.2, 0.25) is 0 Å². The summed E-state index contributed by atoms with van der Waals surface area (Å²) < 4.78 is 13.3. The number of aryl methyl sites for hydroxylation is 1. The van der Waals surface area contributed by atoms with E-state index in [1.54, 1.807) is 11.0 Å². The van der Waals surface area contributed by atoms with Crippen molar-refractivity contribution in [3.8, 4) is 0 Å². The number of hydrogen-bond donors (Lipinski definition) is 0. The third kappa shape index (κ3) is 3.97. The van der Waals surface area contributed by atoms with Crippen molar-refractivity contribution in [2.24, 2.45) is 5.92 Å². The van der Waals surface area contributed by atoms with E-state index >= 15 is 0 Å². The Morgan fingerprint density at radius 2 is 1.88 bits per heavy atom. The molecule has 2 saturated heterocycles. The molecule has 1 aromatic carbocycles. The van der Waals surface area contributed by atoms with Gasteiger partial charge in [-0.3, -0.25) is 9.59 Å². The number of piperidine rings is 2. The highest BCUT2D eigenvalue weighted by Gasteiger charge is 2.32. The Hall–Kier alpha value is -2.17. The minimum atomic E-state index is -0.199. The maximum Gasteiger partial charge on any atom is 0.245 e. The number of carbonyl (C=O) groups excluding carboxylic acids is 2. The molecule has 26 heavy (non-hydrogen) atoms. The Morgan fingerprint density at radius 3 is 2.54 bits per heavy atom. The van der Waals surface area contributed by atoms with Gasteiger partial charge in [-0.1, -0.05) is 12.6 Å². The van der Waals surface area contributed by atoms with Crippen molar-refractivity contribution >= 4 is 11.8 Å². The van der Waals surface area contributed by atoms with Gasteiger partial charge in [-0.05, 0) is 67.9 Å². The Bertz CT molecular complexity index is 695. The molecule has 2 aliphatic heterocycles. The van der Waals surface area contributed by atoms with Gasteiger partial charge < -0.3 is 9.80 Å². The Morgan fingerprint density at radius 1 is 1.15 bits per heavy atom. The summed E-state index contributed by atoms with van der Waals surface area (Å²) in [6.07, 6.45) is 4.84. The van der Waals surface area contributed by atoms with E-state index in [4.69, 9.17) is 0 Å². The van der Waals surface area contributed by atoms with Gasteiger partial charge in [0, 0.05) is 26.2 Å². The van der Waals surface area contributed by atoms with Gasteiger partial charge in [0.05, 0.1) is 5.92 Å².